The summed E-state index contributed by atoms with van der Waals surface area (Å²) in [5.41, 5.74) is 1.02. The van der Waals surface area contributed by atoms with Gasteiger partial charge in [-0.1, -0.05) is 6.07 Å². The largest absolute Gasteiger partial charge is 0.504 e. The van der Waals surface area contributed by atoms with Gasteiger partial charge in [0.1, 0.15) is 0 Å². The molecule has 1 rings (SSSR count). The molecule has 5 heteroatoms. The maximum absolute atomic E-state index is 9.44. The van der Waals surface area contributed by atoms with Crippen molar-refractivity contribution < 1.29 is 19.3 Å². The van der Waals surface area contributed by atoms with Crippen LogP contribution < -0.4 is 10.1 Å². The first kappa shape index (κ1) is 13.8. The first-order valence-corrected chi connectivity index (χ1v) is 5.33. The van der Waals surface area contributed by atoms with Crippen LogP contribution in [-0.4, -0.2) is 39.3 Å². The summed E-state index contributed by atoms with van der Waals surface area (Å²) in [6, 6.07) is 5.23. The van der Waals surface area contributed by atoms with Gasteiger partial charge in [-0.3, -0.25) is 0 Å². The van der Waals surface area contributed by atoms with Gasteiger partial charge in [-0.05, 0) is 17.7 Å². The molecule has 17 heavy (non-hydrogen) atoms. The maximum Gasteiger partial charge on any atom is 0.169 e. The zero-order valence-electron chi connectivity index (χ0n) is 10.4. The van der Waals surface area contributed by atoms with E-state index in [2.05, 4.69) is 5.32 Å². The summed E-state index contributed by atoms with van der Waals surface area (Å²) in [6.07, 6.45) is -0.256. The van der Waals surface area contributed by atoms with Crippen LogP contribution in [0.2, 0.25) is 0 Å². The molecule has 2 N–H and O–H groups in total. The van der Waals surface area contributed by atoms with Crippen molar-refractivity contribution in [3.63, 3.8) is 0 Å². The molecule has 0 bridgehead atoms. The minimum Gasteiger partial charge on any atom is -0.504 e. The molecular formula is C12H19NO4. The molecule has 0 amide bonds. The van der Waals surface area contributed by atoms with E-state index in [-0.39, 0.29) is 12.0 Å². The fraction of sp³-hybridized carbons (Fsp3) is 0.500. The Hall–Kier alpha value is -1.30. The van der Waals surface area contributed by atoms with Gasteiger partial charge < -0.3 is 24.6 Å². The molecule has 0 saturated heterocycles. The number of ether oxygens (including phenoxy) is 3. The van der Waals surface area contributed by atoms with Gasteiger partial charge in [0, 0.05) is 27.3 Å². The highest BCUT2D eigenvalue weighted by atomic mass is 16.7. The van der Waals surface area contributed by atoms with Crippen molar-refractivity contribution in [2.24, 2.45) is 0 Å². The Morgan fingerprint density at radius 1 is 1.24 bits per heavy atom. The molecule has 0 aromatic heterocycles. The molecule has 0 radical (unpaired) electrons. The molecule has 5 nitrogen and oxygen atoms in total. The smallest absolute Gasteiger partial charge is 0.169 e. The number of rotatable bonds is 7. The first-order chi connectivity index (χ1) is 8.21. The summed E-state index contributed by atoms with van der Waals surface area (Å²) in [5.74, 6) is 0.613. The van der Waals surface area contributed by atoms with Crippen LogP contribution in [0.3, 0.4) is 0 Å². The van der Waals surface area contributed by atoms with Crippen molar-refractivity contribution in [2.75, 3.05) is 27.9 Å². The lowest BCUT2D eigenvalue weighted by atomic mass is 10.2. The Bertz CT molecular complexity index is 339. The number of phenolic OH excluding ortho intramolecular Hbond substituents is 1. The van der Waals surface area contributed by atoms with Gasteiger partial charge in [0.05, 0.1) is 7.11 Å². The molecule has 0 heterocycles. The second kappa shape index (κ2) is 7.11. The predicted octanol–water partition coefficient (Wildman–Crippen LogP) is 1.11. The maximum atomic E-state index is 9.44. The number of aromatic hydroxyl groups is 1. The molecule has 0 spiro atoms. The van der Waals surface area contributed by atoms with Crippen LogP contribution in [0, 0.1) is 0 Å². The minimum atomic E-state index is -0.256. The van der Waals surface area contributed by atoms with Crippen LogP contribution >= 0.6 is 0 Å². The number of hydrogen-bond donors (Lipinski definition) is 2. The van der Waals surface area contributed by atoms with Gasteiger partial charge in [-0.25, -0.2) is 0 Å². The summed E-state index contributed by atoms with van der Waals surface area (Å²) in [5, 5.41) is 12.6. The Balaban J connectivity index is 2.46. The third kappa shape index (κ3) is 4.22. The van der Waals surface area contributed by atoms with Crippen molar-refractivity contribution >= 4 is 0 Å². The van der Waals surface area contributed by atoms with Crippen LogP contribution in [-0.2, 0) is 16.0 Å². The summed E-state index contributed by atoms with van der Waals surface area (Å²) in [6.45, 7) is 1.25. The highest BCUT2D eigenvalue weighted by molar-refractivity contribution is 5.41. The molecule has 96 valence electrons. The zero-order valence-corrected chi connectivity index (χ0v) is 10.4. The van der Waals surface area contributed by atoms with Gasteiger partial charge in [0.2, 0.25) is 0 Å². The van der Waals surface area contributed by atoms with E-state index < -0.39 is 0 Å². The van der Waals surface area contributed by atoms with Crippen LogP contribution in [0.15, 0.2) is 18.2 Å². The standard InChI is InChI=1S/C12H19NO4/c1-15-11-6-9(4-5-10(11)14)7-13-8-12(16-2)17-3/h4-6,12-14H,7-8H2,1-3H3. The van der Waals surface area contributed by atoms with Crippen molar-refractivity contribution in [3.8, 4) is 11.5 Å². The third-order valence-corrected chi connectivity index (χ3v) is 2.41. The second-order valence-corrected chi connectivity index (χ2v) is 3.54. The first-order valence-electron chi connectivity index (χ1n) is 5.33. The van der Waals surface area contributed by atoms with Crippen LogP contribution in [0.1, 0.15) is 5.56 Å². The van der Waals surface area contributed by atoms with E-state index in [4.69, 9.17) is 14.2 Å². The van der Waals surface area contributed by atoms with E-state index in [9.17, 15) is 5.11 Å². The summed E-state index contributed by atoms with van der Waals surface area (Å²) in [7, 11) is 4.72. The molecule has 0 unspecified atom stereocenters. The van der Waals surface area contributed by atoms with Crippen LogP contribution in [0.25, 0.3) is 0 Å². The quantitative estimate of drug-likeness (QED) is 0.700. The Labute approximate surface area is 101 Å². The molecule has 0 aliphatic heterocycles. The lowest BCUT2D eigenvalue weighted by Crippen LogP contribution is -2.29. The lowest BCUT2D eigenvalue weighted by molar-refractivity contribution is -0.0989. The zero-order chi connectivity index (χ0) is 12.7. The molecule has 0 atom stereocenters. The van der Waals surface area contributed by atoms with E-state index >= 15 is 0 Å². The van der Waals surface area contributed by atoms with E-state index in [1.165, 1.54) is 7.11 Å². The van der Waals surface area contributed by atoms with Crippen molar-refractivity contribution in [1.29, 1.82) is 0 Å². The Morgan fingerprint density at radius 2 is 1.94 bits per heavy atom. The highest BCUT2D eigenvalue weighted by Gasteiger charge is 2.05. The number of phenols is 1. The summed E-state index contributed by atoms with van der Waals surface area (Å²) >= 11 is 0. The Morgan fingerprint density at radius 3 is 2.53 bits per heavy atom. The average Bonchev–Trinajstić information content (AvgIpc) is 2.36. The normalized spacial score (nSPS) is 10.8. The number of benzene rings is 1. The number of methoxy groups -OCH3 is 3. The second-order valence-electron chi connectivity index (χ2n) is 3.54. The number of hydrogen-bond acceptors (Lipinski definition) is 5. The fourth-order valence-electron chi connectivity index (χ4n) is 1.43. The van der Waals surface area contributed by atoms with Gasteiger partial charge in [-0.15, -0.1) is 0 Å². The van der Waals surface area contributed by atoms with Crippen molar-refractivity contribution in [1.82, 2.24) is 5.32 Å². The van der Waals surface area contributed by atoms with Crippen LogP contribution in [0.4, 0.5) is 0 Å². The van der Waals surface area contributed by atoms with E-state index in [0.717, 1.165) is 5.56 Å². The predicted molar refractivity (Wildman–Crippen MR) is 64.2 cm³/mol. The third-order valence-electron chi connectivity index (χ3n) is 2.41. The van der Waals surface area contributed by atoms with Crippen molar-refractivity contribution in [2.45, 2.75) is 12.8 Å². The van der Waals surface area contributed by atoms with Gasteiger partial charge in [0.15, 0.2) is 17.8 Å². The van der Waals surface area contributed by atoms with E-state index in [0.29, 0.717) is 18.8 Å². The topological polar surface area (TPSA) is 60.0 Å². The van der Waals surface area contributed by atoms with Gasteiger partial charge in [-0.2, -0.15) is 0 Å². The molecule has 0 saturated carbocycles. The molecule has 0 aliphatic rings. The molecule has 1 aromatic rings. The molecular weight excluding hydrogens is 222 g/mol. The van der Waals surface area contributed by atoms with Gasteiger partial charge in [0.25, 0.3) is 0 Å². The van der Waals surface area contributed by atoms with Crippen molar-refractivity contribution in [3.05, 3.63) is 23.8 Å². The molecule has 0 aliphatic carbocycles. The minimum absolute atomic E-state index is 0.142. The molecule has 0 fully saturated rings. The summed E-state index contributed by atoms with van der Waals surface area (Å²) in [4.78, 5) is 0. The Kier molecular flexibility index (Phi) is 5.76. The number of nitrogens with one attached hydrogen (secondary N) is 1. The van der Waals surface area contributed by atoms with Gasteiger partial charge >= 0.3 is 0 Å². The average molecular weight is 241 g/mol. The summed E-state index contributed by atoms with van der Waals surface area (Å²) < 4.78 is 15.1. The monoisotopic (exact) mass is 241 g/mol. The van der Waals surface area contributed by atoms with Crippen LogP contribution in [0.5, 0.6) is 11.5 Å². The van der Waals surface area contributed by atoms with E-state index in [1.54, 1.807) is 26.4 Å². The lowest BCUT2D eigenvalue weighted by Gasteiger charge is -2.14. The molecule has 1 aromatic carbocycles. The fourth-order valence-corrected chi connectivity index (χ4v) is 1.43. The highest BCUT2D eigenvalue weighted by Crippen LogP contribution is 2.26. The SMILES string of the molecule is COc1cc(CNCC(OC)OC)ccc1O. The van der Waals surface area contributed by atoms with E-state index in [1.807, 2.05) is 6.07 Å².